The number of hydrogen-bond acceptors (Lipinski definition) is 3. The number of rotatable bonds is 5. The number of nitrogens with zero attached hydrogens (tertiary/aromatic N) is 4. The van der Waals surface area contributed by atoms with E-state index in [9.17, 15) is 0 Å². The highest BCUT2D eigenvalue weighted by molar-refractivity contribution is 6.29. The van der Waals surface area contributed by atoms with Crippen LogP contribution in [0, 0.1) is 0 Å². The monoisotopic (exact) mass is 750 g/mol. The lowest BCUT2D eigenvalue weighted by Crippen LogP contribution is -1.95. The number of aromatic nitrogens is 4. The standard InChI is InChI=1S/C55H34N4/c1-2-14-42(15-3-1)59-49-21-11-8-18-45(49)52-50(59)33-32-46-51(52)43-16-6-9-19-47(43)56-53(46)38-27-22-36(23-28-38)37-24-29-39(30-25-37)55-57-48-20-10-7-17-44(48)54(58-55)41-31-26-35-12-4-5-13-40(35)34-41/h1-34H. The van der Waals surface area contributed by atoms with Crippen LogP contribution < -0.4 is 0 Å². The van der Waals surface area contributed by atoms with E-state index in [0.717, 1.165) is 72.1 Å². The van der Waals surface area contributed by atoms with Crippen molar-refractivity contribution in [3.8, 4) is 50.7 Å². The summed E-state index contributed by atoms with van der Waals surface area (Å²) >= 11 is 0. The zero-order valence-corrected chi connectivity index (χ0v) is 31.9. The first-order valence-electron chi connectivity index (χ1n) is 20.0. The third-order valence-corrected chi connectivity index (χ3v) is 11.8. The summed E-state index contributed by atoms with van der Waals surface area (Å²) in [6.45, 7) is 0. The Kier molecular flexibility index (Phi) is 7.50. The second-order valence-electron chi connectivity index (χ2n) is 15.2. The molecule has 0 radical (unpaired) electrons. The van der Waals surface area contributed by atoms with Crippen LogP contribution in [0.1, 0.15) is 0 Å². The number of hydrogen-bond donors (Lipinski definition) is 0. The van der Waals surface area contributed by atoms with Gasteiger partial charge >= 0.3 is 0 Å². The Bertz CT molecular complexity index is 3590. The highest BCUT2D eigenvalue weighted by Gasteiger charge is 2.19. The summed E-state index contributed by atoms with van der Waals surface area (Å²) in [6.07, 6.45) is 0. The van der Waals surface area contributed by atoms with Crippen LogP contribution in [-0.4, -0.2) is 19.5 Å². The van der Waals surface area contributed by atoms with Crippen LogP contribution >= 0.6 is 0 Å². The molecule has 3 aromatic heterocycles. The van der Waals surface area contributed by atoms with Crippen LogP contribution in [0.25, 0.3) is 116 Å². The SMILES string of the molecule is c1ccc(-n2c3ccccc3c3c4c(ccc32)c(-c2ccc(-c3ccc(-c5nc(-c6ccc7ccccc7c6)c6ccccc6n5)cc3)cc2)nc2ccccc24)cc1. The van der Waals surface area contributed by atoms with Crippen LogP contribution in [0.2, 0.25) is 0 Å². The van der Waals surface area contributed by atoms with E-state index < -0.39 is 0 Å². The number of fused-ring (bicyclic) bond motifs is 9. The second kappa shape index (κ2) is 13.3. The highest BCUT2D eigenvalue weighted by atomic mass is 15.0. The summed E-state index contributed by atoms with van der Waals surface area (Å²) in [5.41, 5.74) is 12.8. The van der Waals surface area contributed by atoms with Gasteiger partial charge in [0.05, 0.1) is 33.5 Å². The van der Waals surface area contributed by atoms with Crippen molar-refractivity contribution in [1.29, 1.82) is 0 Å². The summed E-state index contributed by atoms with van der Waals surface area (Å²) in [5.74, 6) is 0.712. The molecule has 9 aromatic carbocycles. The van der Waals surface area contributed by atoms with Gasteiger partial charge in [0.25, 0.3) is 0 Å². The summed E-state index contributed by atoms with van der Waals surface area (Å²) in [7, 11) is 0. The second-order valence-corrected chi connectivity index (χ2v) is 15.2. The van der Waals surface area contributed by atoms with E-state index in [4.69, 9.17) is 15.0 Å². The van der Waals surface area contributed by atoms with E-state index in [2.05, 4.69) is 205 Å². The van der Waals surface area contributed by atoms with Gasteiger partial charge in [-0.3, -0.25) is 0 Å². The molecule has 0 spiro atoms. The van der Waals surface area contributed by atoms with Gasteiger partial charge in [0.1, 0.15) is 0 Å². The van der Waals surface area contributed by atoms with Crippen molar-refractivity contribution in [2.45, 2.75) is 0 Å². The fourth-order valence-corrected chi connectivity index (χ4v) is 8.97. The zero-order chi connectivity index (χ0) is 38.9. The molecule has 0 unspecified atom stereocenters. The quantitative estimate of drug-likeness (QED) is 0.165. The number of pyridine rings is 1. The van der Waals surface area contributed by atoms with Gasteiger partial charge in [0.2, 0.25) is 0 Å². The largest absolute Gasteiger partial charge is 0.309 e. The molecule has 0 amide bonds. The molecule has 0 saturated carbocycles. The van der Waals surface area contributed by atoms with Gasteiger partial charge in [-0.05, 0) is 64.4 Å². The topological polar surface area (TPSA) is 43.6 Å². The van der Waals surface area contributed by atoms with E-state index in [1.54, 1.807) is 0 Å². The van der Waals surface area contributed by atoms with E-state index in [-0.39, 0.29) is 0 Å². The number of benzene rings is 9. The maximum absolute atomic E-state index is 5.32. The Hall–Kier alpha value is -7.95. The van der Waals surface area contributed by atoms with Crippen LogP contribution in [-0.2, 0) is 0 Å². The fraction of sp³-hybridized carbons (Fsp3) is 0. The van der Waals surface area contributed by atoms with Crippen LogP contribution in [0.4, 0.5) is 0 Å². The van der Waals surface area contributed by atoms with E-state index in [1.165, 1.54) is 38.0 Å². The summed E-state index contributed by atoms with van der Waals surface area (Å²) in [4.78, 5) is 15.5. The molecule has 274 valence electrons. The van der Waals surface area contributed by atoms with Crippen LogP contribution in [0.3, 0.4) is 0 Å². The molecule has 3 heterocycles. The first kappa shape index (κ1) is 33.2. The number of para-hydroxylation sites is 4. The molecule has 0 atom stereocenters. The molecular formula is C55H34N4. The molecule has 12 rings (SSSR count). The lowest BCUT2D eigenvalue weighted by atomic mass is 9.95. The van der Waals surface area contributed by atoms with E-state index in [1.807, 2.05) is 6.07 Å². The first-order chi connectivity index (χ1) is 29.2. The van der Waals surface area contributed by atoms with Gasteiger partial charge in [0, 0.05) is 54.7 Å². The molecule has 0 N–H and O–H groups in total. The maximum atomic E-state index is 5.32. The minimum absolute atomic E-state index is 0.712. The van der Waals surface area contributed by atoms with Gasteiger partial charge in [-0.15, -0.1) is 0 Å². The molecule has 0 saturated heterocycles. The third kappa shape index (κ3) is 5.42. The van der Waals surface area contributed by atoms with E-state index >= 15 is 0 Å². The molecule has 4 heteroatoms. The molecule has 0 aliphatic carbocycles. The Balaban J connectivity index is 0.939. The average molecular weight is 751 g/mol. The van der Waals surface area contributed by atoms with Gasteiger partial charge in [-0.25, -0.2) is 15.0 Å². The Morgan fingerprint density at radius 3 is 1.66 bits per heavy atom. The molecular weight excluding hydrogens is 717 g/mol. The molecule has 0 aliphatic rings. The van der Waals surface area contributed by atoms with Gasteiger partial charge < -0.3 is 4.57 Å². The van der Waals surface area contributed by atoms with Crippen molar-refractivity contribution < 1.29 is 0 Å². The van der Waals surface area contributed by atoms with Gasteiger partial charge in [0.15, 0.2) is 5.82 Å². The van der Waals surface area contributed by atoms with Crippen LogP contribution in [0.5, 0.6) is 0 Å². The first-order valence-corrected chi connectivity index (χ1v) is 20.0. The van der Waals surface area contributed by atoms with Crippen molar-refractivity contribution in [3.05, 3.63) is 206 Å². The lowest BCUT2D eigenvalue weighted by molar-refractivity contribution is 1.18. The third-order valence-electron chi connectivity index (χ3n) is 11.8. The molecule has 59 heavy (non-hydrogen) atoms. The Labute approximate surface area is 340 Å². The Morgan fingerprint density at radius 1 is 0.305 bits per heavy atom. The van der Waals surface area contributed by atoms with Crippen molar-refractivity contribution in [3.63, 3.8) is 0 Å². The highest BCUT2D eigenvalue weighted by Crippen LogP contribution is 2.42. The lowest BCUT2D eigenvalue weighted by Gasteiger charge is -2.13. The molecule has 0 bridgehead atoms. The predicted molar refractivity (Wildman–Crippen MR) is 246 cm³/mol. The minimum Gasteiger partial charge on any atom is -0.309 e. The van der Waals surface area contributed by atoms with Crippen LogP contribution in [0.15, 0.2) is 206 Å². The molecule has 4 nitrogen and oxygen atoms in total. The summed E-state index contributed by atoms with van der Waals surface area (Å²) in [6, 6.07) is 73.2. The van der Waals surface area contributed by atoms with Crippen molar-refractivity contribution in [2.75, 3.05) is 0 Å². The van der Waals surface area contributed by atoms with Crippen molar-refractivity contribution in [1.82, 2.24) is 19.5 Å². The summed E-state index contributed by atoms with van der Waals surface area (Å²) < 4.78 is 2.38. The summed E-state index contributed by atoms with van der Waals surface area (Å²) in [5, 5.41) is 9.46. The van der Waals surface area contributed by atoms with Gasteiger partial charge in [-0.1, -0.05) is 164 Å². The smallest absolute Gasteiger partial charge is 0.160 e. The predicted octanol–water partition coefficient (Wildman–Crippen LogP) is 14.2. The zero-order valence-electron chi connectivity index (χ0n) is 31.9. The average Bonchev–Trinajstić information content (AvgIpc) is 3.66. The fourth-order valence-electron chi connectivity index (χ4n) is 8.97. The molecule has 0 aliphatic heterocycles. The van der Waals surface area contributed by atoms with Crippen molar-refractivity contribution in [2.24, 2.45) is 0 Å². The molecule has 0 fully saturated rings. The maximum Gasteiger partial charge on any atom is 0.160 e. The van der Waals surface area contributed by atoms with E-state index in [0.29, 0.717) is 5.82 Å². The normalized spacial score (nSPS) is 11.7. The Morgan fingerprint density at radius 2 is 0.881 bits per heavy atom. The minimum atomic E-state index is 0.712. The molecule has 12 aromatic rings. The van der Waals surface area contributed by atoms with Crippen molar-refractivity contribution >= 4 is 65.2 Å². The van der Waals surface area contributed by atoms with Gasteiger partial charge in [-0.2, -0.15) is 0 Å².